The highest BCUT2D eigenvalue weighted by atomic mass is 19.4. The van der Waals surface area contributed by atoms with Crippen molar-refractivity contribution in [2.45, 2.75) is 81.8 Å². The second kappa shape index (κ2) is 15.9. The fourth-order valence-electron chi connectivity index (χ4n) is 7.16. The summed E-state index contributed by atoms with van der Waals surface area (Å²) in [6.07, 6.45) is -0.624. The van der Waals surface area contributed by atoms with Gasteiger partial charge in [-0.15, -0.1) is 0 Å². The van der Waals surface area contributed by atoms with E-state index < -0.39 is 24.4 Å². The lowest BCUT2D eigenvalue weighted by Gasteiger charge is -2.37. The zero-order valence-electron chi connectivity index (χ0n) is 26.7. The van der Waals surface area contributed by atoms with Crippen LogP contribution in [0.2, 0.25) is 0 Å². The summed E-state index contributed by atoms with van der Waals surface area (Å²) >= 11 is 0. The van der Waals surface area contributed by atoms with E-state index in [0.29, 0.717) is 38.8 Å². The van der Waals surface area contributed by atoms with E-state index in [1.165, 1.54) is 5.56 Å². The number of carbonyl (C=O) groups excluding carboxylic acids is 2. The molecule has 47 heavy (non-hydrogen) atoms. The van der Waals surface area contributed by atoms with E-state index >= 15 is 0 Å². The molecule has 4 N–H and O–H groups in total. The summed E-state index contributed by atoms with van der Waals surface area (Å²) in [7, 11) is 0. The minimum Gasteiger partial charge on any atom is -0.377 e. The molecule has 2 unspecified atom stereocenters. The normalized spacial score (nSPS) is 17.8. The van der Waals surface area contributed by atoms with E-state index in [-0.39, 0.29) is 24.3 Å². The number of rotatable bonds is 15. The van der Waals surface area contributed by atoms with Gasteiger partial charge in [-0.25, -0.2) is 0 Å². The Balaban J connectivity index is 1.08. The number of aliphatic hydroxyl groups excluding tert-OH is 1. The molecular weight excluding hydrogens is 605 g/mol. The second-order valence-corrected chi connectivity index (χ2v) is 12.6. The first-order valence-corrected chi connectivity index (χ1v) is 16.7. The summed E-state index contributed by atoms with van der Waals surface area (Å²) in [6.45, 7) is 1.16. The van der Waals surface area contributed by atoms with Gasteiger partial charge in [0, 0.05) is 26.1 Å². The first-order chi connectivity index (χ1) is 22.7. The second-order valence-electron chi connectivity index (χ2n) is 12.6. The number of unbranched alkanes of at least 4 members (excludes halogenated alkanes) is 1. The Bertz CT molecular complexity index is 1440. The Hall–Kier alpha value is -3.73. The van der Waals surface area contributed by atoms with Crippen LogP contribution in [0, 0.1) is 0 Å². The predicted octanol–water partition coefficient (Wildman–Crippen LogP) is 5.66. The van der Waals surface area contributed by atoms with Crippen LogP contribution in [-0.4, -0.2) is 66.4 Å². The molecule has 2 aliphatic rings. The van der Waals surface area contributed by atoms with Crippen LogP contribution in [0.4, 0.5) is 13.2 Å². The van der Waals surface area contributed by atoms with Gasteiger partial charge in [0.05, 0.1) is 18.0 Å². The van der Waals surface area contributed by atoms with Gasteiger partial charge in [-0.1, -0.05) is 91.7 Å². The monoisotopic (exact) mass is 650 g/mol. The summed E-state index contributed by atoms with van der Waals surface area (Å²) in [5.41, 5.74) is 3.53. The van der Waals surface area contributed by atoms with Crippen LogP contribution in [0.15, 0.2) is 78.9 Å². The topological polar surface area (TPSA) is 93.7 Å². The number of piperidine rings is 1. The van der Waals surface area contributed by atoms with E-state index in [4.69, 9.17) is 0 Å². The molecule has 5 rings (SSSR count). The Morgan fingerprint density at radius 1 is 0.851 bits per heavy atom. The number of alkyl halides is 3. The van der Waals surface area contributed by atoms with Gasteiger partial charge in [-0.2, -0.15) is 13.2 Å². The van der Waals surface area contributed by atoms with Crippen LogP contribution in [0.5, 0.6) is 0 Å². The Morgan fingerprint density at radius 3 is 2.17 bits per heavy atom. The van der Waals surface area contributed by atoms with E-state index in [1.807, 2.05) is 66.7 Å². The first-order valence-electron chi connectivity index (χ1n) is 16.7. The molecule has 2 amide bonds. The highest BCUT2D eigenvalue weighted by Gasteiger charge is 2.48. The maximum Gasteiger partial charge on any atom is 0.401 e. The summed E-state index contributed by atoms with van der Waals surface area (Å²) in [4.78, 5) is 27.8. The third-order valence-electron chi connectivity index (χ3n) is 9.41. The van der Waals surface area contributed by atoms with Crippen LogP contribution >= 0.6 is 0 Å². The van der Waals surface area contributed by atoms with Gasteiger partial charge in [0.15, 0.2) is 0 Å². The largest absolute Gasteiger partial charge is 0.401 e. The predicted molar refractivity (Wildman–Crippen MR) is 176 cm³/mol. The average Bonchev–Trinajstić information content (AvgIpc) is 3.36. The number of halogens is 3. The molecule has 0 saturated carbocycles. The van der Waals surface area contributed by atoms with E-state index in [1.54, 1.807) is 0 Å². The number of hydrogen-bond acceptors (Lipinski definition) is 5. The molecular formula is C37H45F3N4O3. The van der Waals surface area contributed by atoms with Crippen LogP contribution in [0.1, 0.15) is 68.1 Å². The lowest BCUT2D eigenvalue weighted by molar-refractivity contribution is -0.133. The molecule has 0 spiro atoms. The van der Waals surface area contributed by atoms with Crippen molar-refractivity contribution in [3.63, 3.8) is 0 Å². The standard InChI is InChI=1S/C37H45F3N4O3/c38-37(39,40)26-43-35(47)36(30-17-6-4-15-28(30)29-16-5-7-18-31(29)36)21-9-10-22-41-33(45)20-12-23-42-34(46)32-19-8-11-24-44(32)25-27-13-2-1-3-14-27/h1-7,13-18,32,35,43,47H,8-12,19-26H2,(H,41,45)(H,42,46). The molecule has 252 valence electrons. The molecule has 2 atom stereocenters. The maximum absolute atomic E-state index is 13.1. The number of aliphatic hydroxyl groups is 1. The molecule has 0 bridgehead atoms. The molecule has 3 aromatic carbocycles. The number of fused-ring (bicyclic) bond motifs is 3. The van der Waals surface area contributed by atoms with Crippen LogP contribution < -0.4 is 16.0 Å². The highest BCUT2D eigenvalue weighted by molar-refractivity contribution is 5.82. The number of hydrogen-bond donors (Lipinski definition) is 4. The number of benzene rings is 3. The molecule has 1 heterocycles. The van der Waals surface area contributed by atoms with Crippen LogP contribution in [-0.2, 0) is 21.5 Å². The quantitative estimate of drug-likeness (QED) is 0.126. The lowest BCUT2D eigenvalue weighted by atomic mass is 9.72. The van der Waals surface area contributed by atoms with Gasteiger partial charge in [0.25, 0.3) is 0 Å². The van der Waals surface area contributed by atoms with Gasteiger partial charge in [0.1, 0.15) is 6.23 Å². The van der Waals surface area contributed by atoms with Gasteiger partial charge in [0.2, 0.25) is 11.8 Å². The van der Waals surface area contributed by atoms with E-state index in [0.717, 1.165) is 54.6 Å². The molecule has 1 aliphatic heterocycles. The van der Waals surface area contributed by atoms with Crippen molar-refractivity contribution in [2.24, 2.45) is 0 Å². The third-order valence-corrected chi connectivity index (χ3v) is 9.41. The fraction of sp³-hybridized carbons (Fsp3) is 0.459. The number of likely N-dealkylation sites (tertiary alicyclic amines) is 1. The number of amides is 2. The van der Waals surface area contributed by atoms with Crippen molar-refractivity contribution in [1.82, 2.24) is 20.9 Å². The fourth-order valence-corrected chi connectivity index (χ4v) is 7.16. The maximum atomic E-state index is 13.1. The average molecular weight is 651 g/mol. The van der Waals surface area contributed by atoms with Crippen molar-refractivity contribution in [3.8, 4) is 11.1 Å². The molecule has 0 aromatic heterocycles. The summed E-state index contributed by atoms with van der Waals surface area (Å²) in [6, 6.07) is 25.1. The number of carbonyl (C=O) groups is 2. The molecule has 0 radical (unpaired) electrons. The smallest absolute Gasteiger partial charge is 0.377 e. The molecule has 1 fully saturated rings. The van der Waals surface area contributed by atoms with E-state index in [2.05, 4.69) is 33.0 Å². The molecule has 1 aliphatic carbocycles. The lowest BCUT2D eigenvalue weighted by Crippen LogP contribution is -2.51. The van der Waals surface area contributed by atoms with Gasteiger partial charge < -0.3 is 15.7 Å². The number of nitrogens with one attached hydrogen (secondary N) is 3. The van der Waals surface area contributed by atoms with Gasteiger partial charge in [-0.3, -0.25) is 19.8 Å². The van der Waals surface area contributed by atoms with Gasteiger partial charge in [-0.05, 0) is 66.5 Å². The SMILES string of the molecule is O=C(CCCNC(=O)C1CCCCN1Cc1ccccc1)NCCCCC1(C(O)NCC(F)(F)F)c2ccccc2-c2ccccc21. The highest BCUT2D eigenvalue weighted by Crippen LogP contribution is 2.52. The summed E-state index contributed by atoms with van der Waals surface area (Å²) in [5, 5.41) is 19.6. The summed E-state index contributed by atoms with van der Waals surface area (Å²) in [5.74, 6) is -0.0993. The van der Waals surface area contributed by atoms with Gasteiger partial charge >= 0.3 is 6.18 Å². The first kappa shape index (κ1) is 34.6. The van der Waals surface area contributed by atoms with Crippen LogP contribution in [0.25, 0.3) is 11.1 Å². The Labute approximate surface area is 274 Å². The van der Waals surface area contributed by atoms with Crippen molar-refractivity contribution in [3.05, 3.63) is 95.6 Å². The molecule has 7 nitrogen and oxygen atoms in total. The van der Waals surface area contributed by atoms with Crippen molar-refractivity contribution in [1.29, 1.82) is 0 Å². The molecule has 3 aromatic rings. The van der Waals surface area contributed by atoms with Crippen LogP contribution in [0.3, 0.4) is 0 Å². The number of nitrogens with zero attached hydrogens (tertiary/aromatic N) is 1. The third kappa shape index (κ3) is 8.60. The molecule has 1 saturated heterocycles. The Morgan fingerprint density at radius 2 is 1.49 bits per heavy atom. The van der Waals surface area contributed by atoms with E-state index in [9.17, 15) is 27.9 Å². The summed E-state index contributed by atoms with van der Waals surface area (Å²) < 4.78 is 39.4. The van der Waals surface area contributed by atoms with Crippen molar-refractivity contribution < 1.29 is 27.9 Å². The minimum absolute atomic E-state index is 0.0111. The van der Waals surface area contributed by atoms with Crippen molar-refractivity contribution >= 4 is 11.8 Å². The molecule has 10 heteroatoms. The Kier molecular flexibility index (Phi) is 11.7. The van der Waals surface area contributed by atoms with Crippen molar-refractivity contribution in [2.75, 3.05) is 26.2 Å². The minimum atomic E-state index is -4.47. The zero-order valence-corrected chi connectivity index (χ0v) is 26.7. The zero-order chi connectivity index (χ0) is 33.3.